The molecule has 0 aliphatic carbocycles. The summed E-state index contributed by atoms with van der Waals surface area (Å²) in [6, 6.07) is 9.89. The molecule has 92 valence electrons. The molecule has 0 spiro atoms. The highest BCUT2D eigenvalue weighted by Crippen LogP contribution is 2.29. The Balaban J connectivity index is 2.14. The van der Waals surface area contributed by atoms with Crippen LogP contribution >= 0.6 is 0 Å². The molecule has 0 atom stereocenters. The van der Waals surface area contributed by atoms with Gasteiger partial charge in [0.2, 0.25) is 5.91 Å². The first-order valence-corrected chi connectivity index (χ1v) is 5.97. The van der Waals surface area contributed by atoms with E-state index in [1.54, 1.807) is 0 Å². The molecule has 0 unspecified atom stereocenters. The van der Waals surface area contributed by atoms with Crippen LogP contribution in [0.4, 0.5) is 0 Å². The molecule has 1 aliphatic rings. The second-order valence-electron chi connectivity index (χ2n) is 5.81. The number of likely N-dealkylation sites (tertiary alicyclic amines) is 1. The van der Waals surface area contributed by atoms with Gasteiger partial charge in [-0.1, -0.05) is 30.3 Å². The SMILES string of the molecule is CC1(N)CN(C(=O)C(C)(C)c2ccccc2)C1. The van der Waals surface area contributed by atoms with Crippen molar-refractivity contribution in [3.8, 4) is 0 Å². The molecule has 1 fully saturated rings. The number of nitrogens with two attached hydrogens (primary N) is 1. The number of carbonyl (C=O) groups is 1. The second-order valence-corrected chi connectivity index (χ2v) is 5.81. The lowest BCUT2D eigenvalue weighted by Crippen LogP contribution is -2.68. The van der Waals surface area contributed by atoms with Gasteiger partial charge < -0.3 is 10.6 Å². The Morgan fingerprint density at radius 2 is 1.82 bits per heavy atom. The maximum absolute atomic E-state index is 12.4. The zero-order valence-electron chi connectivity index (χ0n) is 10.7. The molecule has 1 saturated heterocycles. The molecule has 0 bridgehead atoms. The van der Waals surface area contributed by atoms with Gasteiger partial charge in [-0.3, -0.25) is 4.79 Å². The Hall–Kier alpha value is -1.35. The van der Waals surface area contributed by atoms with Gasteiger partial charge in [-0.05, 0) is 26.3 Å². The Morgan fingerprint density at radius 3 is 2.29 bits per heavy atom. The Bertz CT molecular complexity index is 415. The maximum Gasteiger partial charge on any atom is 0.232 e. The van der Waals surface area contributed by atoms with Crippen molar-refractivity contribution in [2.75, 3.05) is 13.1 Å². The summed E-state index contributed by atoms with van der Waals surface area (Å²) in [5.74, 6) is 0.159. The minimum atomic E-state index is -0.474. The molecular formula is C14H20N2O. The van der Waals surface area contributed by atoms with E-state index in [1.807, 2.05) is 56.0 Å². The molecule has 1 amide bonds. The lowest BCUT2D eigenvalue weighted by atomic mass is 9.80. The molecule has 1 heterocycles. The molecule has 3 heteroatoms. The summed E-state index contributed by atoms with van der Waals surface area (Å²) >= 11 is 0. The first kappa shape index (κ1) is 12.1. The number of benzene rings is 1. The molecule has 0 radical (unpaired) electrons. The van der Waals surface area contributed by atoms with Gasteiger partial charge in [0.1, 0.15) is 0 Å². The zero-order valence-corrected chi connectivity index (χ0v) is 10.7. The Labute approximate surface area is 103 Å². The van der Waals surface area contributed by atoms with Gasteiger partial charge in [0, 0.05) is 18.6 Å². The lowest BCUT2D eigenvalue weighted by Gasteiger charge is -2.48. The van der Waals surface area contributed by atoms with Crippen molar-refractivity contribution in [1.82, 2.24) is 4.90 Å². The topological polar surface area (TPSA) is 46.3 Å². The minimum Gasteiger partial charge on any atom is -0.338 e. The number of hydrogen-bond acceptors (Lipinski definition) is 2. The Morgan fingerprint density at radius 1 is 1.29 bits per heavy atom. The van der Waals surface area contributed by atoms with Crippen LogP contribution in [0.2, 0.25) is 0 Å². The van der Waals surface area contributed by atoms with E-state index < -0.39 is 5.41 Å². The number of carbonyl (C=O) groups excluding carboxylic acids is 1. The van der Waals surface area contributed by atoms with Gasteiger partial charge in [0.05, 0.1) is 5.41 Å². The van der Waals surface area contributed by atoms with Crippen molar-refractivity contribution in [1.29, 1.82) is 0 Å². The van der Waals surface area contributed by atoms with E-state index in [4.69, 9.17) is 5.73 Å². The molecular weight excluding hydrogens is 212 g/mol. The Kier molecular flexibility index (Phi) is 2.74. The monoisotopic (exact) mass is 232 g/mol. The van der Waals surface area contributed by atoms with E-state index in [0.717, 1.165) is 5.56 Å². The summed E-state index contributed by atoms with van der Waals surface area (Å²) in [6.45, 7) is 7.23. The van der Waals surface area contributed by atoms with Crippen LogP contribution in [-0.4, -0.2) is 29.4 Å². The fourth-order valence-electron chi connectivity index (χ4n) is 2.34. The van der Waals surface area contributed by atoms with E-state index in [1.165, 1.54) is 0 Å². The molecule has 2 N–H and O–H groups in total. The van der Waals surface area contributed by atoms with Crippen LogP contribution in [0.25, 0.3) is 0 Å². The summed E-state index contributed by atoms with van der Waals surface area (Å²) < 4.78 is 0. The standard InChI is InChI=1S/C14H20N2O/c1-13(2,11-7-5-4-6-8-11)12(17)16-9-14(3,15)10-16/h4-8H,9-10,15H2,1-3H3. The van der Waals surface area contributed by atoms with Crippen LogP contribution in [-0.2, 0) is 10.2 Å². The maximum atomic E-state index is 12.4. The van der Waals surface area contributed by atoms with Crippen LogP contribution < -0.4 is 5.73 Å². The molecule has 0 aromatic heterocycles. The molecule has 3 nitrogen and oxygen atoms in total. The van der Waals surface area contributed by atoms with E-state index >= 15 is 0 Å². The van der Waals surface area contributed by atoms with Crippen molar-refractivity contribution in [3.05, 3.63) is 35.9 Å². The predicted molar refractivity (Wildman–Crippen MR) is 68.6 cm³/mol. The quantitative estimate of drug-likeness (QED) is 0.840. The first-order valence-electron chi connectivity index (χ1n) is 5.97. The van der Waals surface area contributed by atoms with Gasteiger partial charge in [-0.25, -0.2) is 0 Å². The number of nitrogens with zero attached hydrogens (tertiary/aromatic N) is 1. The lowest BCUT2D eigenvalue weighted by molar-refractivity contribution is -0.143. The molecule has 1 aliphatic heterocycles. The number of hydrogen-bond donors (Lipinski definition) is 1. The van der Waals surface area contributed by atoms with E-state index in [0.29, 0.717) is 13.1 Å². The third-order valence-corrected chi connectivity index (χ3v) is 3.42. The fraction of sp³-hybridized carbons (Fsp3) is 0.500. The first-order chi connectivity index (χ1) is 7.83. The molecule has 0 saturated carbocycles. The largest absolute Gasteiger partial charge is 0.338 e. The van der Waals surface area contributed by atoms with Crippen molar-refractivity contribution in [2.45, 2.75) is 31.7 Å². The molecule has 2 rings (SSSR count). The summed E-state index contributed by atoms with van der Waals surface area (Å²) in [5, 5.41) is 0. The summed E-state index contributed by atoms with van der Waals surface area (Å²) in [6.07, 6.45) is 0. The van der Waals surface area contributed by atoms with Gasteiger partial charge in [-0.2, -0.15) is 0 Å². The highest BCUT2D eigenvalue weighted by molar-refractivity contribution is 5.88. The zero-order chi connectivity index (χ0) is 12.7. The average Bonchev–Trinajstić information content (AvgIpc) is 2.26. The van der Waals surface area contributed by atoms with Crippen molar-refractivity contribution < 1.29 is 4.79 Å². The fourth-order valence-corrected chi connectivity index (χ4v) is 2.34. The summed E-state index contributed by atoms with van der Waals surface area (Å²) in [7, 11) is 0. The summed E-state index contributed by atoms with van der Waals surface area (Å²) in [5.41, 5.74) is 6.31. The minimum absolute atomic E-state index is 0.159. The van der Waals surface area contributed by atoms with E-state index in [9.17, 15) is 4.79 Å². The van der Waals surface area contributed by atoms with Crippen molar-refractivity contribution in [3.63, 3.8) is 0 Å². The van der Waals surface area contributed by atoms with Gasteiger partial charge >= 0.3 is 0 Å². The van der Waals surface area contributed by atoms with Crippen molar-refractivity contribution in [2.24, 2.45) is 5.73 Å². The van der Waals surface area contributed by atoms with Crippen molar-refractivity contribution >= 4 is 5.91 Å². The highest BCUT2D eigenvalue weighted by atomic mass is 16.2. The van der Waals surface area contributed by atoms with Gasteiger partial charge in [0.15, 0.2) is 0 Å². The number of rotatable bonds is 2. The third-order valence-electron chi connectivity index (χ3n) is 3.42. The van der Waals surface area contributed by atoms with Crippen LogP contribution in [0.15, 0.2) is 30.3 Å². The predicted octanol–water partition coefficient (Wildman–Crippen LogP) is 1.52. The average molecular weight is 232 g/mol. The molecule has 1 aromatic rings. The van der Waals surface area contributed by atoms with Crippen LogP contribution in [0.3, 0.4) is 0 Å². The van der Waals surface area contributed by atoms with Gasteiger partial charge in [0.25, 0.3) is 0 Å². The van der Waals surface area contributed by atoms with E-state index in [2.05, 4.69) is 0 Å². The normalized spacial score (nSPS) is 18.7. The van der Waals surface area contributed by atoms with Crippen LogP contribution in [0.5, 0.6) is 0 Å². The molecule has 1 aromatic carbocycles. The van der Waals surface area contributed by atoms with Crippen LogP contribution in [0.1, 0.15) is 26.3 Å². The van der Waals surface area contributed by atoms with Crippen LogP contribution in [0, 0.1) is 0 Å². The third kappa shape index (κ3) is 2.20. The second kappa shape index (κ2) is 3.84. The van der Waals surface area contributed by atoms with Gasteiger partial charge in [-0.15, -0.1) is 0 Å². The molecule has 17 heavy (non-hydrogen) atoms. The number of amides is 1. The highest BCUT2D eigenvalue weighted by Gasteiger charge is 2.43. The van der Waals surface area contributed by atoms with E-state index in [-0.39, 0.29) is 11.4 Å². The summed E-state index contributed by atoms with van der Waals surface area (Å²) in [4.78, 5) is 14.2. The smallest absolute Gasteiger partial charge is 0.232 e.